The Kier molecular flexibility index (Phi) is 6.05. The van der Waals surface area contributed by atoms with Crippen molar-refractivity contribution in [2.75, 3.05) is 20.1 Å². The summed E-state index contributed by atoms with van der Waals surface area (Å²) in [5, 5.41) is 10.0. The van der Waals surface area contributed by atoms with Crippen LogP contribution in [-0.4, -0.2) is 47.1 Å². The average molecular weight is 392 g/mol. The summed E-state index contributed by atoms with van der Waals surface area (Å²) in [5.74, 6) is -1.71. The van der Waals surface area contributed by atoms with Gasteiger partial charge in [0.25, 0.3) is 0 Å². The van der Waals surface area contributed by atoms with Gasteiger partial charge in [0.15, 0.2) is 0 Å². The zero-order valence-corrected chi connectivity index (χ0v) is 15.8. The lowest BCUT2D eigenvalue weighted by Gasteiger charge is -2.30. The highest BCUT2D eigenvalue weighted by Gasteiger charge is 2.35. The summed E-state index contributed by atoms with van der Waals surface area (Å²) in [6.07, 6.45) is -0.495. The van der Waals surface area contributed by atoms with Crippen LogP contribution < -0.4 is 0 Å². The number of carbonyl (C=O) groups is 1. The molecule has 0 saturated carbocycles. The second kappa shape index (κ2) is 8.32. The SMILES string of the molecule is C[C@H](c1ccc(F)cc1)N(C)C(=O)CN1C[C@H](O)C[C@@H]1c1cc(F)ccc1F. The standard InChI is InChI=1S/C21H23F3N2O2/c1-13(14-3-5-15(22)6-4-14)25(2)21(28)12-26-11-17(27)10-20(26)18-9-16(23)7-8-19(18)24/h3-9,13,17,20,27H,10-12H2,1-2H3/t13-,17-,20-/m1/s1. The lowest BCUT2D eigenvalue weighted by atomic mass is 10.0. The van der Waals surface area contributed by atoms with Crippen molar-refractivity contribution in [2.24, 2.45) is 0 Å². The largest absolute Gasteiger partial charge is 0.392 e. The Bertz CT molecular complexity index is 844. The number of β-amino-alcohol motifs (C(OH)–C–C–N with tert-alkyl or cyclic N) is 1. The first kappa shape index (κ1) is 20.4. The van der Waals surface area contributed by atoms with Crippen LogP contribution in [0.15, 0.2) is 42.5 Å². The van der Waals surface area contributed by atoms with Gasteiger partial charge >= 0.3 is 0 Å². The third kappa shape index (κ3) is 4.36. The summed E-state index contributed by atoms with van der Waals surface area (Å²) >= 11 is 0. The van der Waals surface area contributed by atoms with E-state index in [0.717, 1.165) is 23.8 Å². The van der Waals surface area contributed by atoms with Crippen LogP contribution in [0.2, 0.25) is 0 Å². The Morgan fingerprint density at radius 1 is 1.18 bits per heavy atom. The molecule has 2 aromatic rings. The molecule has 0 aromatic heterocycles. The summed E-state index contributed by atoms with van der Waals surface area (Å²) in [7, 11) is 1.64. The van der Waals surface area contributed by atoms with Crippen molar-refractivity contribution in [1.82, 2.24) is 9.80 Å². The van der Waals surface area contributed by atoms with E-state index in [2.05, 4.69) is 0 Å². The first-order valence-corrected chi connectivity index (χ1v) is 9.14. The molecular weight excluding hydrogens is 369 g/mol. The quantitative estimate of drug-likeness (QED) is 0.848. The van der Waals surface area contributed by atoms with Crippen molar-refractivity contribution in [2.45, 2.75) is 31.5 Å². The molecule has 1 aliphatic heterocycles. The number of likely N-dealkylation sites (tertiary alicyclic amines) is 1. The average Bonchev–Trinajstić information content (AvgIpc) is 3.03. The molecule has 3 rings (SSSR count). The topological polar surface area (TPSA) is 43.8 Å². The number of rotatable bonds is 5. The van der Waals surface area contributed by atoms with E-state index < -0.39 is 23.8 Å². The van der Waals surface area contributed by atoms with Gasteiger partial charge in [0, 0.05) is 25.2 Å². The van der Waals surface area contributed by atoms with E-state index in [9.17, 15) is 23.1 Å². The fourth-order valence-electron chi connectivity index (χ4n) is 3.61. The molecular formula is C21H23F3N2O2. The van der Waals surface area contributed by atoms with E-state index in [-0.39, 0.29) is 42.8 Å². The van der Waals surface area contributed by atoms with Crippen molar-refractivity contribution in [3.05, 3.63) is 71.0 Å². The van der Waals surface area contributed by atoms with Crippen molar-refractivity contribution >= 4 is 5.91 Å². The zero-order valence-electron chi connectivity index (χ0n) is 15.8. The summed E-state index contributed by atoms with van der Waals surface area (Å²) in [6, 6.07) is 8.25. The maximum Gasteiger partial charge on any atom is 0.237 e. The first-order chi connectivity index (χ1) is 13.3. The Morgan fingerprint density at radius 3 is 2.50 bits per heavy atom. The highest BCUT2D eigenvalue weighted by molar-refractivity contribution is 5.78. The van der Waals surface area contributed by atoms with Crippen molar-refractivity contribution in [3.8, 4) is 0 Å². The molecule has 4 nitrogen and oxygen atoms in total. The van der Waals surface area contributed by atoms with Crippen LogP contribution >= 0.6 is 0 Å². The van der Waals surface area contributed by atoms with Gasteiger partial charge in [0.1, 0.15) is 17.5 Å². The van der Waals surface area contributed by atoms with Gasteiger partial charge in [-0.25, -0.2) is 13.2 Å². The van der Waals surface area contributed by atoms with Crippen LogP contribution in [0.5, 0.6) is 0 Å². The van der Waals surface area contributed by atoms with Crippen LogP contribution in [0, 0.1) is 17.5 Å². The molecule has 1 saturated heterocycles. The van der Waals surface area contributed by atoms with Crippen LogP contribution in [0.25, 0.3) is 0 Å². The lowest BCUT2D eigenvalue weighted by molar-refractivity contribution is -0.133. The monoisotopic (exact) mass is 392 g/mol. The number of nitrogens with zero attached hydrogens (tertiary/aromatic N) is 2. The molecule has 0 bridgehead atoms. The number of amides is 1. The molecule has 7 heteroatoms. The molecule has 150 valence electrons. The Hall–Kier alpha value is -2.38. The number of hydrogen-bond donors (Lipinski definition) is 1. The summed E-state index contributed by atoms with van der Waals surface area (Å²) in [5.41, 5.74) is 0.921. The van der Waals surface area contributed by atoms with Crippen LogP contribution in [0.1, 0.15) is 36.6 Å². The van der Waals surface area contributed by atoms with E-state index in [0.29, 0.717) is 0 Å². The summed E-state index contributed by atoms with van der Waals surface area (Å²) in [4.78, 5) is 16.0. The van der Waals surface area contributed by atoms with Crippen molar-refractivity contribution in [1.29, 1.82) is 0 Å². The second-order valence-corrected chi connectivity index (χ2v) is 7.23. The number of aliphatic hydroxyl groups excluding tert-OH is 1. The Balaban J connectivity index is 1.74. The van der Waals surface area contributed by atoms with Gasteiger partial charge < -0.3 is 10.0 Å². The van der Waals surface area contributed by atoms with Crippen molar-refractivity contribution < 1.29 is 23.1 Å². The van der Waals surface area contributed by atoms with E-state index in [1.807, 2.05) is 6.92 Å². The van der Waals surface area contributed by atoms with E-state index in [4.69, 9.17) is 0 Å². The summed E-state index contributed by atoms with van der Waals surface area (Å²) < 4.78 is 40.9. The number of benzene rings is 2. The predicted molar refractivity (Wildman–Crippen MR) is 98.9 cm³/mol. The van der Waals surface area contributed by atoms with Gasteiger partial charge in [-0.05, 0) is 49.2 Å². The van der Waals surface area contributed by atoms with E-state index in [1.165, 1.54) is 17.0 Å². The molecule has 0 radical (unpaired) electrons. The Labute approximate surface area is 162 Å². The third-order valence-electron chi connectivity index (χ3n) is 5.36. The maximum absolute atomic E-state index is 14.2. The zero-order chi connectivity index (χ0) is 20.4. The van der Waals surface area contributed by atoms with Crippen LogP contribution in [0.4, 0.5) is 13.2 Å². The molecule has 0 aliphatic carbocycles. The van der Waals surface area contributed by atoms with Gasteiger partial charge in [0.2, 0.25) is 5.91 Å². The molecule has 1 heterocycles. The summed E-state index contributed by atoms with van der Waals surface area (Å²) in [6.45, 7) is 1.98. The second-order valence-electron chi connectivity index (χ2n) is 7.23. The van der Waals surface area contributed by atoms with Gasteiger partial charge in [-0.15, -0.1) is 0 Å². The molecule has 2 aromatic carbocycles. The number of hydrogen-bond acceptors (Lipinski definition) is 3. The smallest absolute Gasteiger partial charge is 0.237 e. The van der Waals surface area contributed by atoms with E-state index in [1.54, 1.807) is 24.1 Å². The lowest BCUT2D eigenvalue weighted by Crippen LogP contribution is -2.40. The fourth-order valence-corrected chi connectivity index (χ4v) is 3.61. The number of likely N-dealkylation sites (N-methyl/N-ethyl adjacent to an activating group) is 1. The fraction of sp³-hybridized carbons (Fsp3) is 0.381. The number of aliphatic hydroxyl groups is 1. The van der Waals surface area contributed by atoms with Gasteiger partial charge in [-0.3, -0.25) is 9.69 Å². The molecule has 0 unspecified atom stereocenters. The van der Waals surface area contributed by atoms with Gasteiger partial charge in [0.05, 0.1) is 18.7 Å². The van der Waals surface area contributed by atoms with Crippen LogP contribution in [0.3, 0.4) is 0 Å². The van der Waals surface area contributed by atoms with Crippen LogP contribution in [-0.2, 0) is 4.79 Å². The highest BCUT2D eigenvalue weighted by atomic mass is 19.1. The minimum Gasteiger partial charge on any atom is -0.392 e. The molecule has 1 N–H and O–H groups in total. The Morgan fingerprint density at radius 2 is 1.82 bits per heavy atom. The van der Waals surface area contributed by atoms with Crippen molar-refractivity contribution in [3.63, 3.8) is 0 Å². The van der Waals surface area contributed by atoms with E-state index >= 15 is 0 Å². The first-order valence-electron chi connectivity index (χ1n) is 9.14. The minimum absolute atomic E-state index is 0.0419. The molecule has 28 heavy (non-hydrogen) atoms. The molecule has 1 amide bonds. The molecule has 1 aliphatic rings. The number of carbonyl (C=O) groups excluding carboxylic acids is 1. The maximum atomic E-state index is 14.2. The predicted octanol–water partition coefficient (Wildman–Crippen LogP) is 3.43. The normalized spacial score (nSPS) is 20.9. The number of halogens is 3. The molecule has 3 atom stereocenters. The molecule has 0 spiro atoms. The third-order valence-corrected chi connectivity index (χ3v) is 5.36. The minimum atomic E-state index is -0.722. The highest BCUT2D eigenvalue weighted by Crippen LogP contribution is 2.34. The van der Waals surface area contributed by atoms with Gasteiger partial charge in [-0.2, -0.15) is 0 Å². The van der Waals surface area contributed by atoms with Gasteiger partial charge in [-0.1, -0.05) is 12.1 Å². The molecule has 1 fully saturated rings.